The third-order valence-electron chi connectivity index (χ3n) is 6.26. The van der Waals surface area contributed by atoms with Crippen LogP contribution in [0, 0.1) is 35.4 Å². The molecule has 0 amide bonds. The average molecular weight is 619 g/mol. The molecule has 0 saturated heterocycles. The summed E-state index contributed by atoms with van der Waals surface area (Å²) in [4.78, 5) is 0. The molecule has 0 aliphatic carbocycles. The van der Waals surface area contributed by atoms with E-state index in [0.717, 1.165) is 0 Å². The van der Waals surface area contributed by atoms with Crippen molar-refractivity contribution >= 4 is 0 Å². The van der Waals surface area contributed by atoms with E-state index in [2.05, 4.69) is 12.1 Å². The first-order chi connectivity index (χ1) is 20.3. The Hall–Kier alpha value is -3.87. The van der Waals surface area contributed by atoms with Crippen LogP contribution in [0.1, 0.15) is 36.8 Å². The maximum absolute atomic E-state index is 13.4. The third kappa shape index (κ3) is 12.9. The van der Waals surface area contributed by atoms with E-state index in [1.54, 1.807) is 0 Å². The van der Waals surface area contributed by atoms with E-state index in [1.165, 1.54) is 24.3 Å². The Morgan fingerprint density at radius 1 is 0.558 bits per heavy atom. The number of nitrogens with zero attached hydrogens (tertiary/aromatic N) is 2. The maximum atomic E-state index is 13.4. The molecule has 0 bridgehead atoms. The summed E-state index contributed by atoms with van der Waals surface area (Å²) in [6, 6.07) is 37.2. The first-order valence-electron chi connectivity index (χ1n) is 13.6. The van der Waals surface area contributed by atoms with Crippen molar-refractivity contribution in [2.24, 2.45) is 0 Å². The van der Waals surface area contributed by atoms with Gasteiger partial charge >= 0.3 is 21.7 Å². The smallest absolute Gasteiger partial charge is 0.355 e. The molecule has 7 heteroatoms. The van der Waals surface area contributed by atoms with Crippen molar-refractivity contribution in [3.05, 3.63) is 181 Å². The number of rotatable bonds is 6. The van der Waals surface area contributed by atoms with Gasteiger partial charge in [0.2, 0.25) is 0 Å². The average Bonchev–Trinajstić information content (AvgIpc) is 3.79. The van der Waals surface area contributed by atoms with Gasteiger partial charge < -0.3 is 9.13 Å². The zero-order valence-corrected chi connectivity index (χ0v) is 25.7. The van der Waals surface area contributed by atoms with Crippen molar-refractivity contribution in [3.8, 4) is 0 Å². The summed E-state index contributed by atoms with van der Waals surface area (Å²) in [5.41, 5.74) is 0.991. The fourth-order valence-corrected chi connectivity index (χ4v) is 4.13. The van der Waals surface area contributed by atoms with Crippen LogP contribution in [-0.2, 0) is 34.8 Å². The van der Waals surface area contributed by atoms with E-state index in [0.29, 0.717) is 24.2 Å². The van der Waals surface area contributed by atoms with Gasteiger partial charge in [-0.3, -0.25) is 0 Å². The SMILES string of the molecule is CC(Cn1cccc1)c1ccc(F)[c-]c1F.CC(Cn1cccc1)c1ccc(F)[c-]c1F.[Ti+4].c1cc[cH-]c1.c1cc[cH-]c1. The molecule has 0 aliphatic heterocycles. The van der Waals surface area contributed by atoms with Crippen LogP contribution in [0.4, 0.5) is 17.6 Å². The number of aromatic nitrogens is 2. The van der Waals surface area contributed by atoms with Gasteiger partial charge in [-0.25, -0.2) is 41.8 Å². The molecule has 43 heavy (non-hydrogen) atoms. The van der Waals surface area contributed by atoms with E-state index in [-0.39, 0.29) is 33.6 Å². The molecule has 2 aromatic heterocycles. The van der Waals surface area contributed by atoms with Crippen LogP contribution in [0.5, 0.6) is 0 Å². The number of hydrogen-bond acceptors (Lipinski definition) is 0. The van der Waals surface area contributed by atoms with Gasteiger partial charge in [0.1, 0.15) is 0 Å². The number of benzene rings is 2. The quantitative estimate of drug-likeness (QED) is 0.100. The summed E-state index contributed by atoms with van der Waals surface area (Å²) in [7, 11) is 0. The van der Waals surface area contributed by atoms with Gasteiger partial charge in [-0.15, -0.1) is 35.4 Å². The molecule has 0 aliphatic rings. The molecule has 0 N–H and O–H groups in total. The van der Waals surface area contributed by atoms with Crippen molar-refractivity contribution in [2.45, 2.75) is 38.8 Å². The minimum atomic E-state index is -0.658. The van der Waals surface area contributed by atoms with Crippen LogP contribution in [0.3, 0.4) is 0 Å². The second-order valence-electron chi connectivity index (χ2n) is 9.64. The molecule has 0 fully saturated rings. The van der Waals surface area contributed by atoms with Gasteiger partial charge in [0.15, 0.2) is 0 Å². The summed E-state index contributed by atoms with van der Waals surface area (Å²) in [5.74, 6) is -2.53. The topological polar surface area (TPSA) is 9.86 Å². The van der Waals surface area contributed by atoms with E-state index in [4.69, 9.17) is 0 Å². The Labute approximate surface area is 266 Å². The van der Waals surface area contributed by atoms with Crippen LogP contribution >= 0.6 is 0 Å². The molecule has 2 unspecified atom stereocenters. The number of halogens is 4. The van der Waals surface area contributed by atoms with Gasteiger partial charge in [0, 0.05) is 61.1 Å². The largest absolute Gasteiger partial charge is 4.00 e. The molecule has 2 atom stereocenters. The molecule has 4 aromatic carbocycles. The summed E-state index contributed by atoms with van der Waals surface area (Å²) in [6.07, 6.45) is 7.67. The van der Waals surface area contributed by atoms with Gasteiger partial charge in [-0.05, 0) is 36.1 Å². The molecular formula is C36H34F4N2Ti. The Morgan fingerprint density at radius 3 is 1.14 bits per heavy atom. The predicted molar refractivity (Wildman–Crippen MR) is 160 cm³/mol. The minimum absolute atomic E-state index is 0. The molecule has 0 spiro atoms. The van der Waals surface area contributed by atoms with Crippen LogP contribution in [-0.4, -0.2) is 9.13 Å². The summed E-state index contributed by atoms with van der Waals surface area (Å²) < 4.78 is 56.2. The van der Waals surface area contributed by atoms with Crippen molar-refractivity contribution < 1.29 is 39.3 Å². The third-order valence-corrected chi connectivity index (χ3v) is 6.26. The summed E-state index contributed by atoms with van der Waals surface area (Å²) in [6.45, 7) is 5.15. The first kappa shape index (κ1) is 35.3. The standard InChI is InChI=1S/2C13H12F2N.2C5H5.Ti/c2*1-10(9-16-6-2-3-7-16)12-5-4-11(14)8-13(12)15;2*1-2-4-5-3-1;/h2*2-7,10H,9H2,1H3;2*1-5H;/q4*-1;+4. The molecule has 6 rings (SSSR count). The van der Waals surface area contributed by atoms with E-state index in [1.807, 2.05) is 133 Å². The molecule has 6 aromatic rings. The predicted octanol–water partition coefficient (Wildman–Crippen LogP) is 9.55. The Bertz CT molecular complexity index is 1340. The number of hydrogen-bond donors (Lipinski definition) is 0. The Kier molecular flexibility index (Phi) is 15.9. The monoisotopic (exact) mass is 618 g/mol. The van der Waals surface area contributed by atoms with Crippen molar-refractivity contribution in [2.75, 3.05) is 0 Å². The zero-order valence-electron chi connectivity index (χ0n) is 24.2. The second-order valence-corrected chi connectivity index (χ2v) is 9.64. The van der Waals surface area contributed by atoms with Crippen molar-refractivity contribution in [1.29, 1.82) is 0 Å². The first-order valence-corrected chi connectivity index (χ1v) is 13.6. The molecule has 2 nitrogen and oxygen atoms in total. The van der Waals surface area contributed by atoms with Gasteiger partial charge in [0.25, 0.3) is 0 Å². The van der Waals surface area contributed by atoms with Crippen molar-refractivity contribution in [3.63, 3.8) is 0 Å². The van der Waals surface area contributed by atoms with Gasteiger partial charge in [-0.1, -0.05) is 13.8 Å². The minimum Gasteiger partial charge on any atom is -0.355 e. The second kappa shape index (κ2) is 19.3. The van der Waals surface area contributed by atoms with Gasteiger partial charge in [0.05, 0.1) is 0 Å². The fourth-order valence-electron chi connectivity index (χ4n) is 4.13. The zero-order chi connectivity index (χ0) is 30.2. The van der Waals surface area contributed by atoms with Crippen LogP contribution < -0.4 is 0 Å². The summed E-state index contributed by atoms with van der Waals surface area (Å²) >= 11 is 0. The van der Waals surface area contributed by atoms with Crippen LogP contribution in [0.25, 0.3) is 0 Å². The van der Waals surface area contributed by atoms with Crippen LogP contribution in [0.2, 0.25) is 0 Å². The normalized spacial score (nSPS) is 11.3. The van der Waals surface area contributed by atoms with Gasteiger partial charge in [-0.2, -0.15) is 48.5 Å². The van der Waals surface area contributed by atoms with Crippen LogP contribution in [0.15, 0.2) is 134 Å². The van der Waals surface area contributed by atoms with E-state index < -0.39 is 23.3 Å². The molecule has 220 valence electrons. The molecule has 0 saturated carbocycles. The van der Waals surface area contributed by atoms with E-state index in [9.17, 15) is 17.6 Å². The Balaban J connectivity index is 0.000000223. The van der Waals surface area contributed by atoms with Crippen molar-refractivity contribution in [1.82, 2.24) is 9.13 Å². The molecule has 0 radical (unpaired) electrons. The fraction of sp³-hybridized carbons (Fsp3) is 0.167. The Morgan fingerprint density at radius 2 is 0.884 bits per heavy atom. The molecule has 2 heterocycles. The van der Waals surface area contributed by atoms with E-state index >= 15 is 0 Å². The molecular weight excluding hydrogens is 584 g/mol. The maximum Gasteiger partial charge on any atom is 4.00 e. The summed E-state index contributed by atoms with van der Waals surface area (Å²) in [5, 5.41) is 0.